The highest BCUT2D eigenvalue weighted by Crippen LogP contribution is 2.35. The molecule has 1 saturated heterocycles. The van der Waals surface area contributed by atoms with Crippen molar-refractivity contribution in [2.45, 2.75) is 50.5 Å². The van der Waals surface area contributed by atoms with E-state index in [9.17, 15) is 4.79 Å². The zero-order valence-corrected chi connectivity index (χ0v) is 12.1. The highest BCUT2D eigenvalue weighted by atomic mass is 16.2. The van der Waals surface area contributed by atoms with Crippen molar-refractivity contribution in [3.8, 4) is 0 Å². The van der Waals surface area contributed by atoms with E-state index in [1.807, 2.05) is 17.0 Å². The summed E-state index contributed by atoms with van der Waals surface area (Å²) in [6, 6.07) is 8.07. The maximum Gasteiger partial charge on any atom is 0.253 e. The Hall–Kier alpha value is -1.35. The molecule has 1 amide bonds. The van der Waals surface area contributed by atoms with Crippen LogP contribution in [0.1, 0.15) is 54.4 Å². The van der Waals surface area contributed by atoms with Gasteiger partial charge in [0.05, 0.1) is 0 Å². The molecule has 0 aromatic heterocycles. The van der Waals surface area contributed by atoms with Crippen LogP contribution in [0.2, 0.25) is 0 Å². The van der Waals surface area contributed by atoms with Crippen LogP contribution in [0.3, 0.4) is 0 Å². The van der Waals surface area contributed by atoms with Crippen LogP contribution < -0.4 is 5.73 Å². The Kier molecular flexibility index (Phi) is 3.79. The first kappa shape index (κ1) is 13.6. The lowest BCUT2D eigenvalue weighted by Crippen LogP contribution is -2.31. The molecule has 20 heavy (non-hydrogen) atoms. The smallest absolute Gasteiger partial charge is 0.253 e. The molecule has 1 aliphatic carbocycles. The number of nitrogens with two attached hydrogens (primary N) is 1. The van der Waals surface area contributed by atoms with Crippen molar-refractivity contribution in [1.29, 1.82) is 0 Å². The fourth-order valence-corrected chi connectivity index (χ4v) is 2.97. The number of amides is 1. The lowest BCUT2D eigenvalue weighted by Gasteiger charge is -2.20. The van der Waals surface area contributed by atoms with Crippen molar-refractivity contribution in [3.63, 3.8) is 0 Å². The molecule has 0 spiro atoms. The third-order valence-corrected chi connectivity index (χ3v) is 4.54. The van der Waals surface area contributed by atoms with Crippen LogP contribution in [0.15, 0.2) is 24.3 Å². The van der Waals surface area contributed by atoms with Crippen LogP contribution in [0.4, 0.5) is 0 Å². The van der Waals surface area contributed by atoms with Gasteiger partial charge in [0.1, 0.15) is 0 Å². The third-order valence-electron chi connectivity index (χ3n) is 4.54. The molecule has 3 nitrogen and oxygen atoms in total. The SMILES string of the molecule is NC1(Cc2ccc(C(=O)N3CCCCCC3)cc2)CC1. The Labute approximate surface area is 121 Å². The number of hydrogen-bond donors (Lipinski definition) is 1. The van der Waals surface area contributed by atoms with E-state index in [4.69, 9.17) is 5.73 Å². The molecule has 0 bridgehead atoms. The van der Waals surface area contributed by atoms with E-state index < -0.39 is 0 Å². The van der Waals surface area contributed by atoms with Gasteiger partial charge in [-0.2, -0.15) is 0 Å². The number of nitrogens with zero attached hydrogens (tertiary/aromatic N) is 1. The van der Waals surface area contributed by atoms with Gasteiger partial charge in [-0.25, -0.2) is 0 Å². The van der Waals surface area contributed by atoms with E-state index in [-0.39, 0.29) is 11.4 Å². The summed E-state index contributed by atoms with van der Waals surface area (Å²) in [7, 11) is 0. The van der Waals surface area contributed by atoms with Gasteiger partial charge in [-0.3, -0.25) is 4.79 Å². The summed E-state index contributed by atoms with van der Waals surface area (Å²) in [5.74, 6) is 0.187. The predicted molar refractivity (Wildman–Crippen MR) is 80.7 cm³/mol. The standard InChI is InChI=1S/C17H24N2O/c18-17(9-10-17)13-14-5-7-15(8-6-14)16(20)19-11-3-1-2-4-12-19/h5-8H,1-4,9-13,18H2. The Bertz CT molecular complexity index is 468. The zero-order chi connectivity index (χ0) is 14.0. The minimum absolute atomic E-state index is 0.0380. The lowest BCUT2D eigenvalue weighted by molar-refractivity contribution is 0.0761. The second-order valence-corrected chi connectivity index (χ2v) is 6.44. The first-order valence-electron chi connectivity index (χ1n) is 7.83. The molecule has 1 aromatic rings. The first-order valence-corrected chi connectivity index (χ1v) is 7.83. The van der Waals surface area contributed by atoms with Crippen LogP contribution in [0.25, 0.3) is 0 Å². The van der Waals surface area contributed by atoms with Gasteiger partial charge in [-0.1, -0.05) is 25.0 Å². The molecule has 0 unspecified atom stereocenters. The predicted octanol–water partition coefficient (Wildman–Crippen LogP) is 2.74. The zero-order valence-electron chi connectivity index (χ0n) is 12.1. The van der Waals surface area contributed by atoms with E-state index in [2.05, 4.69) is 12.1 Å². The molecule has 3 rings (SSSR count). The first-order chi connectivity index (χ1) is 9.66. The molecule has 3 heteroatoms. The average molecular weight is 272 g/mol. The van der Waals surface area contributed by atoms with E-state index in [0.717, 1.165) is 50.8 Å². The minimum Gasteiger partial charge on any atom is -0.339 e. The molecule has 1 heterocycles. The molecule has 108 valence electrons. The molecular formula is C17H24N2O. The minimum atomic E-state index is 0.0380. The second-order valence-electron chi connectivity index (χ2n) is 6.44. The highest BCUT2D eigenvalue weighted by Gasteiger charge is 2.37. The van der Waals surface area contributed by atoms with Gasteiger partial charge in [-0.05, 0) is 49.8 Å². The summed E-state index contributed by atoms with van der Waals surface area (Å²) in [6.45, 7) is 1.82. The molecule has 0 radical (unpaired) electrons. The van der Waals surface area contributed by atoms with Crippen molar-refractivity contribution in [2.24, 2.45) is 5.73 Å². The van der Waals surface area contributed by atoms with Gasteiger partial charge in [-0.15, -0.1) is 0 Å². The Morgan fingerprint density at radius 2 is 1.65 bits per heavy atom. The number of rotatable bonds is 3. The average Bonchev–Trinajstić information content (AvgIpc) is 3.22. The topological polar surface area (TPSA) is 46.3 Å². The van der Waals surface area contributed by atoms with Gasteiger partial charge in [0.15, 0.2) is 0 Å². The normalized spacial score (nSPS) is 21.4. The summed E-state index contributed by atoms with van der Waals surface area (Å²) in [6.07, 6.45) is 7.97. The van der Waals surface area contributed by atoms with Crippen molar-refractivity contribution >= 4 is 5.91 Å². The number of hydrogen-bond acceptors (Lipinski definition) is 2. The number of carbonyl (C=O) groups is 1. The quantitative estimate of drug-likeness (QED) is 0.919. The largest absolute Gasteiger partial charge is 0.339 e. The maximum atomic E-state index is 12.5. The fraction of sp³-hybridized carbons (Fsp3) is 0.588. The Morgan fingerprint density at radius 1 is 1.05 bits per heavy atom. The second kappa shape index (κ2) is 5.57. The van der Waals surface area contributed by atoms with Gasteiger partial charge in [0, 0.05) is 24.2 Å². The van der Waals surface area contributed by atoms with Crippen LogP contribution in [-0.4, -0.2) is 29.4 Å². The number of likely N-dealkylation sites (tertiary alicyclic amines) is 1. The molecule has 0 atom stereocenters. The van der Waals surface area contributed by atoms with E-state index in [0.29, 0.717) is 0 Å². The van der Waals surface area contributed by atoms with Crippen molar-refractivity contribution in [1.82, 2.24) is 4.90 Å². The van der Waals surface area contributed by atoms with Crippen LogP contribution in [0, 0.1) is 0 Å². The molecular weight excluding hydrogens is 248 g/mol. The molecule has 2 fully saturated rings. The highest BCUT2D eigenvalue weighted by molar-refractivity contribution is 5.94. The maximum absolute atomic E-state index is 12.5. The summed E-state index contributed by atoms with van der Waals surface area (Å²) >= 11 is 0. The van der Waals surface area contributed by atoms with Crippen LogP contribution in [0.5, 0.6) is 0 Å². The fourth-order valence-electron chi connectivity index (χ4n) is 2.97. The van der Waals surface area contributed by atoms with Crippen LogP contribution in [-0.2, 0) is 6.42 Å². The van der Waals surface area contributed by atoms with Crippen molar-refractivity contribution in [3.05, 3.63) is 35.4 Å². The van der Waals surface area contributed by atoms with Gasteiger partial charge < -0.3 is 10.6 Å². The van der Waals surface area contributed by atoms with Gasteiger partial charge in [0.25, 0.3) is 5.91 Å². The van der Waals surface area contributed by atoms with Crippen LogP contribution >= 0.6 is 0 Å². The third kappa shape index (κ3) is 3.21. The van der Waals surface area contributed by atoms with Gasteiger partial charge in [0.2, 0.25) is 0 Å². The Morgan fingerprint density at radius 3 is 2.20 bits per heavy atom. The number of carbonyl (C=O) groups excluding carboxylic acids is 1. The Balaban J connectivity index is 1.65. The van der Waals surface area contributed by atoms with Crippen molar-refractivity contribution in [2.75, 3.05) is 13.1 Å². The molecule has 2 aliphatic rings. The van der Waals surface area contributed by atoms with E-state index in [1.54, 1.807) is 0 Å². The molecule has 1 aliphatic heterocycles. The number of benzene rings is 1. The summed E-state index contributed by atoms with van der Waals surface area (Å²) < 4.78 is 0. The lowest BCUT2D eigenvalue weighted by atomic mass is 10.0. The molecule has 1 saturated carbocycles. The molecule has 1 aromatic carbocycles. The van der Waals surface area contributed by atoms with E-state index in [1.165, 1.54) is 18.4 Å². The molecule has 2 N–H and O–H groups in total. The van der Waals surface area contributed by atoms with Gasteiger partial charge >= 0.3 is 0 Å². The van der Waals surface area contributed by atoms with Crippen molar-refractivity contribution < 1.29 is 4.79 Å². The summed E-state index contributed by atoms with van der Waals surface area (Å²) in [5, 5.41) is 0. The summed E-state index contributed by atoms with van der Waals surface area (Å²) in [4.78, 5) is 14.5. The van der Waals surface area contributed by atoms with E-state index >= 15 is 0 Å². The monoisotopic (exact) mass is 272 g/mol. The summed E-state index contributed by atoms with van der Waals surface area (Å²) in [5.41, 5.74) is 8.24.